The van der Waals surface area contributed by atoms with Crippen LogP contribution in [0, 0.1) is 0 Å². The average molecular weight is 458 g/mol. The summed E-state index contributed by atoms with van der Waals surface area (Å²) in [4.78, 5) is 11.5. The van der Waals surface area contributed by atoms with Crippen LogP contribution in [0.15, 0.2) is 42.5 Å². The summed E-state index contributed by atoms with van der Waals surface area (Å²) in [5.74, 6) is -1.27. The molecule has 1 aliphatic rings. The Morgan fingerprint density at radius 1 is 1.00 bits per heavy atom. The van der Waals surface area contributed by atoms with Crippen molar-refractivity contribution in [3.63, 3.8) is 0 Å². The van der Waals surface area contributed by atoms with E-state index in [2.05, 4.69) is 4.74 Å². The van der Waals surface area contributed by atoms with Crippen molar-refractivity contribution in [1.82, 2.24) is 0 Å². The average Bonchev–Trinajstić information content (AvgIpc) is 2.78. The summed E-state index contributed by atoms with van der Waals surface area (Å²) in [6, 6.07) is 8.92. The molecule has 4 N–H and O–H groups in total. The second-order valence-corrected chi connectivity index (χ2v) is 7.09. The lowest BCUT2D eigenvalue weighted by atomic mass is 9.99. The number of carbonyl (C=O) groups excluding carboxylic acids is 1. The van der Waals surface area contributed by atoms with Crippen LogP contribution >= 0.6 is 0 Å². The van der Waals surface area contributed by atoms with Gasteiger partial charge in [0, 0.05) is 0 Å². The Hall–Kier alpha value is -2.70. The first-order chi connectivity index (χ1) is 15.1. The summed E-state index contributed by atoms with van der Waals surface area (Å²) in [6.07, 6.45) is -13.3. The standard InChI is InChI=1S/C21H21F3O8/c1-30-19(29)11-4-2-10(3-5-11)12-6-7-14(13(8-12)21(22,23)24)31-20-18(28)17(27)16(26)15(9-25)32-20/h2-8,15-18,20,25-28H,9H2,1H3/t15-,16-,17+,18+,20+/m1/s1. The molecule has 0 saturated carbocycles. The van der Waals surface area contributed by atoms with E-state index < -0.39 is 60.8 Å². The molecule has 3 rings (SSSR count). The second-order valence-electron chi connectivity index (χ2n) is 7.09. The number of rotatable bonds is 5. The molecule has 2 aromatic rings. The van der Waals surface area contributed by atoms with Gasteiger partial charge in [0.25, 0.3) is 0 Å². The zero-order chi connectivity index (χ0) is 23.6. The minimum Gasteiger partial charge on any atom is -0.465 e. The quantitative estimate of drug-likeness (QED) is 0.495. The highest BCUT2D eigenvalue weighted by Crippen LogP contribution is 2.40. The summed E-state index contributed by atoms with van der Waals surface area (Å²) in [7, 11) is 1.21. The van der Waals surface area contributed by atoms with Crippen LogP contribution in [0.1, 0.15) is 15.9 Å². The van der Waals surface area contributed by atoms with Crippen LogP contribution in [0.5, 0.6) is 5.75 Å². The van der Waals surface area contributed by atoms with Crippen molar-refractivity contribution >= 4 is 5.97 Å². The fourth-order valence-electron chi connectivity index (χ4n) is 3.24. The van der Waals surface area contributed by atoms with Crippen LogP contribution in [-0.2, 0) is 15.7 Å². The Bertz CT molecular complexity index is 945. The number of hydrogen-bond acceptors (Lipinski definition) is 8. The zero-order valence-corrected chi connectivity index (χ0v) is 16.7. The maximum Gasteiger partial charge on any atom is 0.419 e. The molecule has 11 heteroatoms. The van der Waals surface area contributed by atoms with E-state index in [0.717, 1.165) is 12.1 Å². The highest BCUT2D eigenvalue weighted by Gasteiger charge is 2.45. The Kier molecular flexibility index (Phi) is 7.06. The molecule has 0 spiro atoms. The van der Waals surface area contributed by atoms with Crippen LogP contribution in [0.2, 0.25) is 0 Å². The number of ether oxygens (including phenoxy) is 3. The minimum absolute atomic E-state index is 0.176. The Labute approximate surface area is 180 Å². The lowest BCUT2D eigenvalue weighted by molar-refractivity contribution is -0.278. The Morgan fingerprint density at radius 3 is 2.19 bits per heavy atom. The molecular formula is C21H21F3O8. The molecule has 1 aliphatic heterocycles. The predicted molar refractivity (Wildman–Crippen MR) is 103 cm³/mol. The third kappa shape index (κ3) is 4.87. The lowest BCUT2D eigenvalue weighted by Crippen LogP contribution is -2.60. The molecule has 1 heterocycles. The molecule has 174 valence electrons. The van der Waals surface area contributed by atoms with Gasteiger partial charge in [-0.2, -0.15) is 13.2 Å². The molecule has 0 unspecified atom stereocenters. The van der Waals surface area contributed by atoms with Gasteiger partial charge in [0.05, 0.1) is 24.8 Å². The minimum atomic E-state index is -4.84. The maximum atomic E-state index is 13.7. The van der Waals surface area contributed by atoms with Gasteiger partial charge in [0.2, 0.25) is 6.29 Å². The Balaban J connectivity index is 1.92. The van der Waals surface area contributed by atoms with Gasteiger partial charge in [0.1, 0.15) is 30.2 Å². The smallest absolute Gasteiger partial charge is 0.419 e. The van der Waals surface area contributed by atoms with Gasteiger partial charge in [-0.3, -0.25) is 0 Å². The van der Waals surface area contributed by atoms with Crippen LogP contribution in [0.3, 0.4) is 0 Å². The lowest BCUT2D eigenvalue weighted by Gasteiger charge is -2.39. The molecule has 0 bridgehead atoms. The van der Waals surface area contributed by atoms with Gasteiger partial charge in [-0.15, -0.1) is 0 Å². The zero-order valence-electron chi connectivity index (χ0n) is 16.7. The summed E-state index contributed by atoms with van der Waals surface area (Å²) in [6.45, 7) is -0.753. The fourth-order valence-corrected chi connectivity index (χ4v) is 3.24. The van der Waals surface area contributed by atoms with E-state index in [9.17, 15) is 38.4 Å². The van der Waals surface area contributed by atoms with E-state index in [-0.39, 0.29) is 11.1 Å². The largest absolute Gasteiger partial charge is 0.465 e. The number of benzene rings is 2. The van der Waals surface area contributed by atoms with E-state index in [4.69, 9.17) is 9.47 Å². The number of hydrogen-bond donors (Lipinski definition) is 4. The molecule has 0 aromatic heterocycles. The summed E-state index contributed by atoms with van der Waals surface area (Å²) in [5.41, 5.74) is -0.378. The van der Waals surface area contributed by atoms with Crippen LogP contribution in [-0.4, -0.2) is 70.8 Å². The first kappa shape index (κ1) is 24.0. The van der Waals surface area contributed by atoms with Crippen molar-refractivity contribution in [3.05, 3.63) is 53.6 Å². The molecule has 0 radical (unpaired) electrons. The van der Waals surface area contributed by atoms with Crippen LogP contribution < -0.4 is 4.74 Å². The van der Waals surface area contributed by atoms with Crippen molar-refractivity contribution in [2.24, 2.45) is 0 Å². The molecule has 1 fully saturated rings. The molecule has 0 aliphatic carbocycles. The SMILES string of the molecule is COC(=O)c1ccc(-c2ccc(O[C@H]3O[C@H](CO)[C@@H](O)[C@H](O)[C@@H]3O)c(C(F)(F)F)c2)cc1. The number of carbonyl (C=O) groups is 1. The van der Waals surface area contributed by atoms with E-state index >= 15 is 0 Å². The summed E-state index contributed by atoms with van der Waals surface area (Å²) >= 11 is 0. The number of aliphatic hydroxyl groups is 4. The molecule has 32 heavy (non-hydrogen) atoms. The van der Waals surface area contributed by atoms with Gasteiger partial charge in [-0.05, 0) is 35.4 Å². The molecule has 2 aromatic carbocycles. The summed E-state index contributed by atoms with van der Waals surface area (Å²) in [5, 5.41) is 38.9. The van der Waals surface area contributed by atoms with E-state index in [1.165, 1.54) is 37.4 Å². The van der Waals surface area contributed by atoms with Crippen LogP contribution in [0.4, 0.5) is 13.2 Å². The van der Waals surface area contributed by atoms with Gasteiger partial charge in [0.15, 0.2) is 0 Å². The second kappa shape index (κ2) is 9.43. The van der Waals surface area contributed by atoms with Crippen molar-refractivity contribution in [2.75, 3.05) is 13.7 Å². The van der Waals surface area contributed by atoms with E-state index in [0.29, 0.717) is 5.56 Å². The monoisotopic (exact) mass is 458 g/mol. The summed E-state index contributed by atoms with van der Waals surface area (Å²) < 4.78 is 56.1. The molecule has 1 saturated heterocycles. The molecular weight excluding hydrogens is 437 g/mol. The molecule has 0 amide bonds. The topological polar surface area (TPSA) is 126 Å². The van der Waals surface area contributed by atoms with Crippen LogP contribution in [0.25, 0.3) is 11.1 Å². The molecule has 5 atom stereocenters. The number of methoxy groups -OCH3 is 1. The predicted octanol–water partition coefficient (Wildman–Crippen LogP) is 1.34. The first-order valence-corrected chi connectivity index (χ1v) is 9.44. The maximum absolute atomic E-state index is 13.7. The van der Waals surface area contributed by atoms with Gasteiger partial charge < -0.3 is 34.6 Å². The number of alkyl halides is 3. The number of halogens is 3. The molecule has 8 nitrogen and oxygen atoms in total. The Morgan fingerprint density at radius 2 is 1.62 bits per heavy atom. The van der Waals surface area contributed by atoms with Crippen molar-refractivity contribution in [3.8, 4) is 16.9 Å². The van der Waals surface area contributed by atoms with E-state index in [1.807, 2.05) is 0 Å². The van der Waals surface area contributed by atoms with Gasteiger partial charge >= 0.3 is 12.1 Å². The third-order valence-electron chi connectivity index (χ3n) is 5.02. The van der Waals surface area contributed by atoms with Crippen molar-refractivity contribution in [2.45, 2.75) is 36.9 Å². The van der Waals surface area contributed by atoms with Gasteiger partial charge in [-0.25, -0.2) is 4.79 Å². The van der Waals surface area contributed by atoms with Crippen molar-refractivity contribution < 1.29 is 52.6 Å². The van der Waals surface area contributed by atoms with E-state index in [1.54, 1.807) is 0 Å². The highest BCUT2D eigenvalue weighted by molar-refractivity contribution is 5.90. The third-order valence-corrected chi connectivity index (χ3v) is 5.02. The highest BCUT2D eigenvalue weighted by atomic mass is 19.4. The number of aliphatic hydroxyl groups excluding tert-OH is 4. The normalized spacial score (nSPS) is 25.9. The number of esters is 1. The van der Waals surface area contributed by atoms with Gasteiger partial charge in [-0.1, -0.05) is 18.2 Å². The first-order valence-electron chi connectivity index (χ1n) is 9.44. The van der Waals surface area contributed by atoms with Crippen molar-refractivity contribution in [1.29, 1.82) is 0 Å². The fraction of sp³-hybridized carbons (Fsp3) is 0.381.